The lowest BCUT2D eigenvalue weighted by Gasteiger charge is -2.20. The lowest BCUT2D eigenvalue weighted by molar-refractivity contribution is -0.138. The minimum Gasteiger partial charge on any atom is -0.652 e. The Morgan fingerprint density at radius 3 is 1.58 bits per heavy atom. The first kappa shape index (κ1) is 26.2. The second-order valence-electron chi connectivity index (χ2n) is 6.88. The van der Waals surface area contributed by atoms with E-state index >= 15 is 0 Å². The van der Waals surface area contributed by atoms with Crippen LogP contribution in [-0.2, 0) is 20.4 Å². The van der Waals surface area contributed by atoms with Crippen LogP contribution < -0.4 is 0 Å². The molecule has 0 spiro atoms. The van der Waals surface area contributed by atoms with Crippen LogP contribution in [0.1, 0.15) is 6.92 Å². The van der Waals surface area contributed by atoms with Crippen molar-refractivity contribution in [2.45, 2.75) is 27.8 Å². The predicted octanol–water partition coefficient (Wildman–Crippen LogP) is 6.82. The van der Waals surface area contributed by atoms with Crippen LogP contribution in [0.3, 0.4) is 0 Å². The van der Waals surface area contributed by atoms with Gasteiger partial charge in [0.2, 0.25) is 0 Å². The summed E-state index contributed by atoms with van der Waals surface area (Å²) in [5, 5.41) is 3.14. The minimum absolute atomic E-state index is 0.0146. The zero-order valence-corrected chi connectivity index (χ0v) is 19.1. The summed E-state index contributed by atoms with van der Waals surface area (Å²) in [5.74, 6) is -0.618. The van der Waals surface area contributed by atoms with E-state index in [1.165, 1.54) is 21.6 Å². The topological polar surface area (TPSA) is 40.4 Å². The molecule has 0 saturated carbocycles. The van der Waals surface area contributed by atoms with E-state index < -0.39 is 18.7 Å². The first-order chi connectivity index (χ1) is 15.8. The summed E-state index contributed by atoms with van der Waals surface area (Å²) in [6, 6.07) is 32.2. The predicted molar refractivity (Wildman–Crippen MR) is 126 cm³/mol. The Hall–Kier alpha value is -3.03. The van der Waals surface area contributed by atoms with E-state index in [-0.39, 0.29) is 29.6 Å². The number of nitrogens with zero attached hydrogens (tertiary/aromatic N) is 1. The molecule has 0 radical (unpaired) electrons. The molecule has 3 aromatic carbocycles. The van der Waals surface area contributed by atoms with Gasteiger partial charge in [0.25, 0.3) is 0 Å². The molecule has 3 nitrogen and oxygen atoms in total. The van der Waals surface area contributed by atoms with Crippen molar-refractivity contribution in [2.75, 3.05) is 19.7 Å². The van der Waals surface area contributed by atoms with Crippen molar-refractivity contribution >= 4 is 16.9 Å². The van der Waals surface area contributed by atoms with Crippen molar-refractivity contribution in [3.8, 4) is 0 Å². The summed E-state index contributed by atoms with van der Waals surface area (Å²) in [5.41, 5.74) is 0.209. The van der Waals surface area contributed by atoms with Gasteiger partial charge in [0.1, 0.15) is 0 Å². The van der Waals surface area contributed by atoms with Crippen molar-refractivity contribution in [2.24, 2.45) is 0 Å². The van der Waals surface area contributed by atoms with E-state index in [9.17, 15) is 18.0 Å². The van der Waals surface area contributed by atoms with Crippen molar-refractivity contribution in [3.63, 3.8) is 0 Å². The quantitative estimate of drug-likeness (QED) is 0.156. The molecule has 174 valence electrons. The van der Waals surface area contributed by atoms with Gasteiger partial charge in [0.15, 0.2) is 14.7 Å². The van der Waals surface area contributed by atoms with Crippen molar-refractivity contribution < 1.29 is 22.7 Å². The number of alkyl halides is 3. The van der Waals surface area contributed by atoms with Crippen LogP contribution in [0.2, 0.25) is 0 Å². The molecule has 0 saturated heterocycles. The molecule has 0 aliphatic heterocycles. The van der Waals surface area contributed by atoms with Crippen LogP contribution in [0, 0.1) is 0 Å². The first-order valence-corrected chi connectivity index (χ1v) is 11.4. The number of esters is 1. The number of hydrogen-bond donors (Lipinski definition) is 0. The van der Waals surface area contributed by atoms with Crippen LogP contribution in [0.5, 0.6) is 0 Å². The van der Waals surface area contributed by atoms with Crippen LogP contribution >= 0.6 is 0 Å². The molecule has 0 unspecified atom stereocenters. The molecule has 3 rings (SSSR count). The van der Waals surface area contributed by atoms with Crippen LogP contribution in [-0.4, -0.2) is 31.8 Å². The molecule has 0 aromatic heterocycles. The molecule has 0 amide bonds. The molecule has 0 aliphatic rings. The van der Waals surface area contributed by atoms with Crippen molar-refractivity contribution in [1.82, 2.24) is 0 Å². The van der Waals surface area contributed by atoms with Gasteiger partial charge in [-0.1, -0.05) is 67.7 Å². The molecule has 0 heterocycles. The standard InChI is InChI=1S/C18H15S.C8H11F3NO2/c1-4-10-16(11-5-1)19(17-12-6-2-7-13-17)18-14-8-3-9-15-18;1-6(2)7(13)14-4-3-12-5-8(9,10)11/h1-15H;1,3-5H2,2H3/q+1;-1. The highest BCUT2D eigenvalue weighted by Crippen LogP contribution is 2.30. The molecule has 0 aliphatic carbocycles. The fourth-order valence-corrected chi connectivity index (χ4v) is 4.71. The number of ether oxygens (including phenoxy) is 1. The summed E-state index contributed by atoms with van der Waals surface area (Å²) in [7, 11) is -0.0146. The van der Waals surface area contributed by atoms with Crippen LogP contribution in [0.4, 0.5) is 13.2 Å². The van der Waals surface area contributed by atoms with E-state index in [0.29, 0.717) is 0 Å². The third kappa shape index (κ3) is 9.97. The average Bonchev–Trinajstić information content (AvgIpc) is 2.81. The summed E-state index contributed by atoms with van der Waals surface area (Å²) >= 11 is 0. The summed E-state index contributed by atoms with van der Waals surface area (Å²) in [6.07, 6.45) is -4.29. The number of halogens is 3. The smallest absolute Gasteiger partial charge is 0.371 e. The third-order valence-electron chi connectivity index (χ3n) is 4.06. The molecule has 0 N–H and O–H groups in total. The maximum Gasteiger partial charge on any atom is 0.371 e. The Kier molecular flexibility index (Phi) is 10.7. The summed E-state index contributed by atoms with van der Waals surface area (Å²) in [4.78, 5) is 14.8. The molecule has 7 heteroatoms. The van der Waals surface area contributed by atoms with Gasteiger partial charge >= 0.3 is 12.1 Å². The van der Waals surface area contributed by atoms with Crippen molar-refractivity contribution in [3.05, 3.63) is 108 Å². The lowest BCUT2D eigenvalue weighted by Crippen LogP contribution is -2.16. The number of benzene rings is 3. The van der Waals surface area contributed by atoms with Gasteiger partial charge in [-0.25, -0.2) is 4.79 Å². The minimum atomic E-state index is -4.29. The molecule has 0 bridgehead atoms. The Bertz CT molecular complexity index is 887. The summed E-state index contributed by atoms with van der Waals surface area (Å²) in [6.45, 7) is 3.25. The van der Waals surface area contributed by atoms with E-state index in [4.69, 9.17) is 0 Å². The van der Waals surface area contributed by atoms with Gasteiger partial charge in [-0.15, -0.1) is 6.54 Å². The molecular weight excluding hydrogens is 447 g/mol. The monoisotopic (exact) mass is 473 g/mol. The highest BCUT2D eigenvalue weighted by Gasteiger charge is 2.27. The fraction of sp³-hybridized carbons (Fsp3) is 0.192. The van der Waals surface area contributed by atoms with Crippen LogP contribution in [0.25, 0.3) is 5.32 Å². The number of hydrogen-bond acceptors (Lipinski definition) is 2. The van der Waals surface area contributed by atoms with E-state index in [0.717, 1.165) is 0 Å². The Morgan fingerprint density at radius 2 is 1.24 bits per heavy atom. The molecule has 33 heavy (non-hydrogen) atoms. The van der Waals surface area contributed by atoms with Crippen LogP contribution in [0.15, 0.2) is 118 Å². The normalized spacial score (nSPS) is 10.8. The largest absolute Gasteiger partial charge is 0.652 e. The van der Waals surface area contributed by atoms with Gasteiger partial charge in [-0.05, 0) is 43.3 Å². The van der Waals surface area contributed by atoms with E-state index in [1.54, 1.807) is 0 Å². The highest BCUT2D eigenvalue weighted by atomic mass is 32.2. The highest BCUT2D eigenvalue weighted by molar-refractivity contribution is 7.97. The second kappa shape index (κ2) is 13.5. The van der Waals surface area contributed by atoms with E-state index in [1.807, 2.05) is 0 Å². The number of rotatable bonds is 8. The molecule has 3 aromatic rings. The van der Waals surface area contributed by atoms with Gasteiger partial charge in [-0.3, -0.25) is 0 Å². The van der Waals surface area contributed by atoms with Gasteiger partial charge in [0.05, 0.1) is 17.5 Å². The maximum atomic E-state index is 11.6. The molecular formula is C26H26F3NO2S. The third-order valence-corrected chi connectivity index (χ3v) is 6.29. The average molecular weight is 474 g/mol. The van der Waals surface area contributed by atoms with Gasteiger partial charge in [-0.2, -0.15) is 13.2 Å². The molecule has 0 fully saturated rings. The maximum absolute atomic E-state index is 11.6. The number of carbonyl (C=O) groups excluding carboxylic acids is 1. The zero-order valence-electron chi connectivity index (χ0n) is 18.3. The lowest BCUT2D eigenvalue weighted by atomic mass is 10.4. The summed E-state index contributed by atoms with van der Waals surface area (Å²) < 4.78 is 39.2. The molecule has 0 atom stereocenters. The zero-order chi connectivity index (χ0) is 24.1. The van der Waals surface area contributed by atoms with Gasteiger partial charge in [0, 0.05) is 5.57 Å². The first-order valence-electron chi connectivity index (χ1n) is 10.2. The van der Waals surface area contributed by atoms with E-state index in [2.05, 4.69) is 108 Å². The Balaban J connectivity index is 0.000000248. The van der Waals surface area contributed by atoms with Gasteiger partial charge < -0.3 is 10.1 Å². The second-order valence-corrected chi connectivity index (χ2v) is 8.91. The SMILES string of the molecule is C=C(C)C(=O)OCC[N-]CC(F)(F)F.c1ccc([S+](c2ccccc2)c2ccccc2)cc1. The fourth-order valence-electron chi connectivity index (χ4n) is 2.61. The Labute approximate surface area is 195 Å². The van der Waals surface area contributed by atoms with Crippen molar-refractivity contribution in [1.29, 1.82) is 0 Å². The Morgan fingerprint density at radius 1 is 0.848 bits per heavy atom. The number of carbonyl (C=O) groups is 1.